The Bertz CT molecular complexity index is 279. The van der Waals surface area contributed by atoms with Crippen molar-refractivity contribution in [3.05, 3.63) is 24.4 Å². The van der Waals surface area contributed by atoms with Crippen molar-refractivity contribution in [2.75, 3.05) is 12.0 Å². The third-order valence-electron chi connectivity index (χ3n) is 2.24. The van der Waals surface area contributed by atoms with Crippen LogP contribution in [0, 0.1) is 5.92 Å². The first kappa shape index (κ1) is 11.2. The minimum absolute atomic E-state index is 0.271. The smallest absolute Gasteiger partial charge is 0.135 e. The van der Waals surface area contributed by atoms with E-state index < -0.39 is 0 Å². The summed E-state index contributed by atoms with van der Waals surface area (Å²) in [6, 6.07) is 0. The van der Waals surface area contributed by atoms with Crippen LogP contribution in [0.4, 0.5) is 0 Å². The summed E-state index contributed by atoms with van der Waals surface area (Å²) in [7, 11) is 0. The standard InChI is InChI=1S/C11H16N2S/c1-9-6-4-5-7-13-11(12-2)10(9)8-14-3/h5,7,10H,1-2,4,6,8H2,3H3/b7-5-,13-11?. The molecule has 2 nitrogen and oxygen atoms in total. The fourth-order valence-electron chi connectivity index (χ4n) is 1.43. The Hall–Kier alpha value is -0.830. The molecule has 0 fully saturated rings. The third kappa shape index (κ3) is 2.84. The van der Waals surface area contributed by atoms with Crippen LogP contribution in [0.1, 0.15) is 12.8 Å². The molecule has 3 heteroatoms. The van der Waals surface area contributed by atoms with Crippen molar-refractivity contribution >= 4 is 24.3 Å². The van der Waals surface area contributed by atoms with Gasteiger partial charge in [-0.2, -0.15) is 11.8 Å². The van der Waals surface area contributed by atoms with Gasteiger partial charge in [-0.05, 0) is 25.8 Å². The average molecular weight is 208 g/mol. The summed E-state index contributed by atoms with van der Waals surface area (Å²) in [5.74, 6) is 2.07. The highest BCUT2D eigenvalue weighted by Gasteiger charge is 2.18. The van der Waals surface area contributed by atoms with E-state index in [4.69, 9.17) is 0 Å². The summed E-state index contributed by atoms with van der Waals surface area (Å²) in [6.07, 6.45) is 8.01. The van der Waals surface area contributed by atoms with Gasteiger partial charge in [0.25, 0.3) is 0 Å². The Balaban J connectivity index is 2.89. The molecule has 0 radical (unpaired) electrons. The zero-order chi connectivity index (χ0) is 10.4. The molecule has 1 aliphatic rings. The normalized spacial score (nSPS) is 24.8. The monoisotopic (exact) mass is 208 g/mol. The van der Waals surface area contributed by atoms with Gasteiger partial charge in [0, 0.05) is 17.9 Å². The number of hydrogen-bond acceptors (Lipinski definition) is 3. The molecule has 1 unspecified atom stereocenters. The van der Waals surface area contributed by atoms with E-state index in [1.807, 2.05) is 12.3 Å². The Morgan fingerprint density at radius 3 is 3.14 bits per heavy atom. The first-order valence-electron chi connectivity index (χ1n) is 4.65. The van der Waals surface area contributed by atoms with Crippen LogP contribution in [-0.2, 0) is 0 Å². The number of thioether (sulfide) groups is 1. The maximum absolute atomic E-state index is 4.28. The highest BCUT2D eigenvalue weighted by atomic mass is 32.2. The van der Waals surface area contributed by atoms with E-state index in [0.29, 0.717) is 0 Å². The Morgan fingerprint density at radius 2 is 2.50 bits per heavy atom. The van der Waals surface area contributed by atoms with Gasteiger partial charge in [-0.25, -0.2) is 9.98 Å². The number of nitrogens with zero attached hydrogens (tertiary/aromatic N) is 2. The van der Waals surface area contributed by atoms with Gasteiger partial charge >= 0.3 is 0 Å². The molecule has 0 saturated carbocycles. The first-order valence-corrected chi connectivity index (χ1v) is 6.05. The Labute approximate surface area is 89.9 Å². The van der Waals surface area contributed by atoms with Crippen molar-refractivity contribution in [1.82, 2.24) is 0 Å². The molecule has 0 aromatic rings. The molecule has 0 N–H and O–H groups in total. The SMILES string of the molecule is C=NC1=N/C=C\CCC(=C)C1CSC. The van der Waals surface area contributed by atoms with Crippen LogP contribution < -0.4 is 0 Å². The highest BCUT2D eigenvalue weighted by molar-refractivity contribution is 7.98. The van der Waals surface area contributed by atoms with Gasteiger partial charge in [-0.15, -0.1) is 0 Å². The van der Waals surface area contributed by atoms with Gasteiger partial charge in [-0.1, -0.05) is 18.2 Å². The van der Waals surface area contributed by atoms with Crippen LogP contribution >= 0.6 is 11.8 Å². The minimum atomic E-state index is 0.271. The largest absolute Gasteiger partial charge is 0.249 e. The molecule has 0 saturated heterocycles. The quantitative estimate of drug-likeness (QED) is 0.506. The molecule has 1 heterocycles. The van der Waals surface area contributed by atoms with Crippen LogP contribution in [-0.4, -0.2) is 24.6 Å². The lowest BCUT2D eigenvalue weighted by atomic mass is 9.96. The van der Waals surface area contributed by atoms with Crippen molar-refractivity contribution in [2.24, 2.45) is 15.9 Å². The molecule has 0 bridgehead atoms. The van der Waals surface area contributed by atoms with Crippen molar-refractivity contribution in [3.63, 3.8) is 0 Å². The first-order chi connectivity index (χ1) is 6.79. The zero-order valence-electron chi connectivity index (χ0n) is 8.57. The maximum atomic E-state index is 4.28. The van der Waals surface area contributed by atoms with E-state index in [9.17, 15) is 0 Å². The fourth-order valence-corrected chi connectivity index (χ4v) is 2.15. The van der Waals surface area contributed by atoms with E-state index in [2.05, 4.69) is 29.5 Å². The number of rotatable bonds is 2. The number of allylic oxidation sites excluding steroid dienone is 1. The molecule has 1 rings (SSSR count). The molecule has 76 valence electrons. The molecule has 14 heavy (non-hydrogen) atoms. The number of hydrogen-bond donors (Lipinski definition) is 0. The van der Waals surface area contributed by atoms with E-state index in [1.54, 1.807) is 11.8 Å². The number of aliphatic imine (C=N–C) groups is 2. The fraction of sp³-hybridized carbons (Fsp3) is 0.455. The molecule has 1 atom stereocenters. The summed E-state index contributed by atoms with van der Waals surface area (Å²) in [5.41, 5.74) is 1.22. The van der Waals surface area contributed by atoms with Gasteiger partial charge < -0.3 is 0 Å². The van der Waals surface area contributed by atoms with Crippen molar-refractivity contribution in [3.8, 4) is 0 Å². The van der Waals surface area contributed by atoms with E-state index >= 15 is 0 Å². The molecule has 0 spiro atoms. The second kappa shape index (κ2) is 5.81. The van der Waals surface area contributed by atoms with Crippen LogP contribution in [0.5, 0.6) is 0 Å². The predicted molar refractivity (Wildman–Crippen MR) is 66.4 cm³/mol. The van der Waals surface area contributed by atoms with Crippen molar-refractivity contribution < 1.29 is 0 Å². The lowest BCUT2D eigenvalue weighted by Gasteiger charge is -2.18. The van der Waals surface area contributed by atoms with Crippen LogP contribution in [0.2, 0.25) is 0 Å². The molecular formula is C11H16N2S. The number of amidine groups is 1. The van der Waals surface area contributed by atoms with Gasteiger partial charge in [0.2, 0.25) is 0 Å². The second-order valence-corrected chi connectivity index (χ2v) is 4.15. The lowest BCUT2D eigenvalue weighted by molar-refractivity contribution is 0.816. The van der Waals surface area contributed by atoms with Crippen molar-refractivity contribution in [2.45, 2.75) is 12.8 Å². The van der Waals surface area contributed by atoms with E-state index in [0.717, 1.165) is 24.4 Å². The summed E-state index contributed by atoms with van der Waals surface area (Å²) in [6.45, 7) is 7.66. The van der Waals surface area contributed by atoms with Crippen LogP contribution in [0.25, 0.3) is 0 Å². The molecule has 1 aliphatic heterocycles. The van der Waals surface area contributed by atoms with Crippen molar-refractivity contribution in [1.29, 1.82) is 0 Å². The summed E-state index contributed by atoms with van der Waals surface area (Å²) >= 11 is 1.79. The van der Waals surface area contributed by atoms with Gasteiger partial charge in [0.15, 0.2) is 0 Å². The Morgan fingerprint density at radius 1 is 1.71 bits per heavy atom. The highest BCUT2D eigenvalue weighted by Crippen LogP contribution is 2.23. The second-order valence-electron chi connectivity index (χ2n) is 3.24. The maximum Gasteiger partial charge on any atom is 0.135 e. The van der Waals surface area contributed by atoms with Gasteiger partial charge in [0.1, 0.15) is 5.84 Å². The van der Waals surface area contributed by atoms with Crippen LogP contribution in [0.15, 0.2) is 34.4 Å². The lowest BCUT2D eigenvalue weighted by Crippen LogP contribution is -2.18. The molecule has 0 aromatic carbocycles. The van der Waals surface area contributed by atoms with E-state index in [-0.39, 0.29) is 5.92 Å². The zero-order valence-corrected chi connectivity index (χ0v) is 9.39. The van der Waals surface area contributed by atoms with Gasteiger partial charge in [0.05, 0.1) is 0 Å². The summed E-state index contributed by atoms with van der Waals surface area (Å²) in [5, 5.41) is 0. The molecule has 0 aliphatic carbocycles. The summed E-state index contributed by atoms with van der Waals surface area (Å²) < 4.78 is 0. The Kier molecular flexibility index (Phi) is 4.66. The van der Waals surface area contributed by atoms with Gasteiger partial charge in [-0.3, -0.25) is 0 Å². The topological polar surface area (TPSA) is 24.7 Å². The predicted octanol–water partition coefficient (Wildman–Crippen LogP) is 2.93. The third-order valence-corrected chi connectivity index (χ3v) is 2.91. The minimum Gasteiger partial charge on any atom is -0.249 e. The molecular weight excluding hydrogens is 192 g/mol. The van der Waals surface area contributed by atoms with Crippen LogP contribution in [0.3, 0.4) is 0 Å². The summed E-state index contributed by atoms with van der Waals surface area (Å²) in [4.78, 5) is 8.26. The van der Waals surface area contributed by atoms with E-state index in [1.165, 1.54) is 5.57 Å². The molecule has 0 aromatic heterocycles. The average Bonchev–Trinajstić information content (AvgIpc) is 2.18. The molecule has 0 amide bonds.